The molecule has 0 unspecified atom stereocenters. The van der Waals surface area contributed by atoms with Gasteiger partial charge in [-0.15, -0.1) is 0 Å². The standard InChI is InChI=1S/C12H11NO5S/c14-11-6-10(7-13(15)8-11)5-9-1-3-12(4-2-9)19(16,17)18/h1-4,6-8,14H,5H2,(H,16,17,18). The summed E-state index contributed by atoms with van der Waals surface area (Å²) in [4.78, 5) is -0.189. The fourth-order valence-electron chi connectivity index (χ4n) is 1.71. The second kappa shape index (κ2) is 4.87. The summed E-state index contributed by atoms with van der Waals surface area (Å²) in [7, 11) is -4.20. The second-order valence-electron chi connectivity index (χ2n) is 4.06. The Bertz CT molecular complexity index is 674. The van der Waals surface area contributed by atoms with E-state index in [1.54, 1.807) is 0 Å². The summed E-state index contributed by atoms with van der Waals surface area (Å²) in [5.41, 5.74) is 1.34. The SMILES string of the molecule is O=S(=O)(O)c1ccc(Cc2cc(O)c[n+]([O-])c2)cc1. The van der Waals surface area contributed by atoms with Crippen molar-refractivity contribution in [3.63, 3.8) is 0 Å². The molecular formula is C12H11NO5S. The highest BCUT2D eigenvalue weighted by Crippen LogP contribution is 2.15. The largest absolute Gasteiger partial charge is 0.619 e. The van der Waals surface area contributed by atoms with Gasteiger partial charge in [-0.1, -0.05) is 12.1 Å². The molecule has 0 atom stereocenters. The Hall–Kier alpha value is -2.12. The van der Waals surface area contributed by atoms with E-state index in [2.05, 4.69) is 0 Å². The van der Waals surface area contributed by atoms with Gasteiger partial charge in [-0.25, -0.2) is 0 Å². The number of benzene rings is 1. The van der Waals surface area contributed by atoms with E-state index in [9.17, 15) is 18.7 Å². The smallest absolute Gasteiger partial charge is 0.294 e. The molecule has 0 aliphatic heterocycles. The number of rotatable bonds is 3. The zero-order valence-electron chi connectivity index (χ0n) is 9.72. The number of nitrogens with zero attached hydrogens (tertiary/aromatic N) is 1. The van der Waals surface area contributed by atoms with E-state index in [0.29, 0.717) is 16.7 Å². The number of hydrogen-bond donors (Lipinski definition) is 2. The van der Waals surface area contributed by atoms with Crippen LogP contribution in [-0.4, -0.2) is 18.1 Å². The van der Waals surface area contributed by atoms with Crippen molar-refractivity contribution in [3.05, 3.63) is 59.1 Å². The summed E-state index contributed by atoms with van der Waals surface area (Å²) < 4.78 is 31.1. The zero-order chi connectivity index (χ0) is 14.0. The average molecular weight is 281 g/mol. The van der Waals surface area contributed by atoms with Crippen molar-refractivity contribution in [1.29, 1.82) is 0 Å². The zero-order valence-corrected chi connectivity index (χ0v) is 10.5. The van der Waals surface area contributed by atoms with E-state index in [0.717, 1.165) is 11.8 Å². The molecule has 0 bridgehead atoms. The third-order valence-electron chi connectivity index (χ3n) is 2.52. The molecule has 0 radical (unpaired) electrons. The van der Waals surface area contributed by atoms with Gasteiger partial charge in [0, 0.05) is 12.0 Å². The summed E-state index contributed by atoms with van der Waals surface area (Å²) in [6.07, 6.45) is 2.71. The van der Waals surface area contributed by atoms with E-state index >= 15 is 0 Å². The Morgan fingerprint density at radius 2 is 1.74 bits per heavy atom. The summed E-state index contributed by atoms with van der Waals surface area (Å²) in [5, 5.41) is 20.4. The molecule has 0 aliphatic rings. The van der Waals surface area contributed by atoms with Crippen LogP contribution in [0.25, 0.3) is 0 Å². The van der Waals surface area contributed by atoms with Crippen molar-refractivity contribution in [2.45, 2.75) is 11.3 Å². The van der Waals surface area contributed by atoms with E-state index < -0.39 is 10.1 Å². The van der Waals surface area contributed by atoms with Gasteiger partial charge in [0.25, 0.3) is 10.1 Å². The summed E-state index contributed by atoms with van der Waals surface area (Å²) in [5.74, 6) is -0.137. The molecule has 7 heteroatoms. The van der Waals surface area contributed by atoms with Gasteiger partial charge in [-0.05, 0) is 23.8 Å². The highest BCUT2D eigenvalue weighted by atomic mass is 32.2. The van der Waals surface area contributed by atoms with Crippen molar-refractivity contribution in [3.8, 4) is 5.75 Å². The lowest BCUT2D eigenvalue weighted by molar-refractivity contribution is -0.606. The summed E-state index contributed by atoms with van der Waals surface area (Å²) >= 11 is 0. The minimum absolute atomic E-state index is 0.137. The molecule has 1 aromatic carbocycles. The van der Waals surface area contributed by atoms with Crippen molar-refractivity contribution in [1.82, 2.24) is 0 Å². The van der Waals surface area contributed by atoms with Crippen LogP contribution in [0.15, 0.2) is 47.6 Å². The predicted molar refractivity (Wildman–Crippen MR) is 66.1 cm³/mol. The minimum Gasteiger partial charge on any atom is -0.619 e. The van der Waals surface area contributed by atoms with Gasteiger partial charge in [-0.2, -0.15) is 13.1 Å². The molecule has 2 N–H and O–H groups in total. The van der Waals surface area contributed by atoms with Gasteiger partial charge in [0.05, 0.1) is 4.90 Å². The lowest BCUT2D eigenvalue weighted by Gasteiger charge is -2.04. The van der Waals surface area contributed by atoms with Crippen LogP contribution in [0.4, 0.5) is 0 Å². The van der Waals surface area contributed by atoms with Crippen molar-refractivity contribution in [2.24, 2.45) is 0 Å². The first-order valence-corrected chi connectivity index (χ1v) is 6.77. The highest BCUT2D eigenvalue weighted by Gasteiger charge is 2.09. The molecule has 2 rings (SSSR count). The first-order chi connectivity index (χ1) is 8.84. The maximum absolute atomic E-state index is 11.1. The molecule has 0 spiro atoms. The molecule has 2 aromatic rings. The predicted octanol–water partition coefficient (Wildman–Crippen LogP) is 0.863. The molecular weight excluding hydrogens is 270 g/mol. The third-order valence-corrected chi connectivity index (χ3v) is 3.38. The van der Waals surface area contributed by atoms with Gasteiger partial charge in [0.2, 0.25) is 6.20 Å². The molecule has 19 heavy (non-hydrogen) atoms. The molecule has 0 amide bonds. The van der Waals surface area contributed by atoms with Gasteiger partial charge in [0.15, 0.2) is 11.9 Å². The number of aromatic nitrogens is 1. The number of hydrogen-bond acceptors (Lipinski definition) is 4. The topological polar surface area (TPSA) is 102 Å². The lowest BCUT2D eigenvalue weighted by atomic mass is 10.1. The first-order valence-electron chi connectivity index (χ1n) is 5.33. The number of aromatic hydroxyl groups is 1. The Kier molecular flexibility index (Phi) is 3.41. The monoisotopic (exact) mass is 281 g/mol. The van der Waals surface area contributed by atoms with Crippen LogP contribution >= 0.6 is 0 Å². The Balaban J connectivity index is 2.24. The molecule has 0 aliphatic carbocycles. The fourth-order valence-corrected chi connectivity index (χ4v) is 2.19. The van der Waals surface area contributed by atoms with Gasteiger partial charge < -0.3 is 10.3 Å². The maximum atomic E-state index is 11.1. The molecule has 0 fully saturated rings. The van der Waals surface area contributed by atoms with E-state index in [1.807, 2.05) is 0 Å². The van der Waals surface area contributed by atoms with Crippen LogP contribution in [0.3, 0.4) is 0 Å². The average Bonchev–Trinajstić information content (AvgIpc) is 2.26. The molecule has 0 saturated heterocycles. The summed E-state index contributed by atoms with van der Waals surface area (Å²) in [6.45, 7) is 0. The Morgan fingerprint density at radius 1 is 1.11 bits per heavy atom. The summed E-state index contributed by atoms with van der Waals surface area (Å²) in [6, 6.07) is 7.06. The van der Waals surface area contributed by atoms with Crippen LogP contribution in [0.1, 0.15) is 11.1 Å². The minimum atomic E-state index is -4.20. The molecule has 6 nitrogen and oxygen atoms in total. The van der Waals surface area contributed by atoms with Crippen LogP contribution in [0, 0.1) is 5.21 Å². The Labute approximate surface area is 109 Å². The third kappa shape index (κ3) is 3.43. The van der Waals surface area contributed by atoms with Crippen LogP contribution < -0.4 is 4.73 Å². The van der Waals surface area contributed by atoms with E-state index in [1.165, 1.54) is 36.5 Å². The quantitative estimate of drug-likeness (QED) is 0.493. The molecule has 0 saturated carbocycles. The first kappa shape index (κ1) is 13.3. The van der Waals surface area contributed by atoms with Crippen LogP contribution in [0.2, 0.25) is 0 Å². The number of pyridine rings is 1. The van der Waals surface area contributed by atoms with E-state index in [-0.39, 0.29) is 10.6 Å². The highest BCUT2D eigenvalue weighted by molar-refractivity contribution is 7.85. The fraction of sp³-hybridized carbons (Fsp3) is 0.0833. The van der Waals surface area contributed by atoms with Crippen molar-refractivity contribution >= 4 is 10.1 Å². The molecule has 100 valence electrons. The molecule has 1 aromatic heterocycles. The van der Waals surface area contributed by atoms with Crippen LogP contribution in [-0.2, 0) is 16.5 Å². The Morgan fingerprint density at radius 3 is 2.26 bits per heavy atom. The lowest BCUT2D eigenvalue weighted by Crippen LogP contribution is -2.25. The van der Waals surface area contributed by atoms with E-state index in [4.69, 9.17) is 4.55 Å². The van der Waals surface area contributed by atoms with Crippen molar-refractivity contribution in [2.75, 3.05) is 0 Å². The second-order valence-corrected chi connectivity index (χ2v) is 5.48. The van der Waals surface area contributed by atoms with Gasteiger partial charge in [-0.3, -0.25) is 4.55 Å². The van der Waals surface area contributed by atoms with Crippen molar-refractivity contribution < 1.29 is 22.8 Å². The van der Waals surface area contributed by atoms with Gasteiger partial charge >= 0.3 is 0 Å². The normalized spacial score (nSPS) is 11.4. The molecule has 1 heterocycles. The van der Waals surface area contributed by atoms with Gasteiger partial charge in [0.1, 0.15) is 0 Å². The van der Waals surface area contributed by atoms with Crippen LogP contribution in [0.5, 0.6) is 5.75 Å². The maximum Gasteiger partial charge on any atom is 0.294 e.